The van der Waals surface area contributed by atoms with Crippen molar-refractivity contribution in [2.75, 3.05) is 0 Å². The first-order valence-corrected chi connectivity index (χ1v) is 4.78. The quantitative estimate of drug-likeness (QED) is 0.660. The van der Waals surface area contributed by atoms with E-state index in [1.165, 1.54) is 0 Å². The molecule has 0 bridgehead atoms. The molecule has 0 saturated carbocycles. The van der Waals surface area contributed by atoms with E-state index in [0.29, 0.717) is 5.75 Å². The second-order valence-electron chi connectivity index (χ2n) is 2.72. The lowest BCUT2D eigenvalue weighted by Gasteiger charge is -1.99. The lowest BCUT2D eigenvalue weighted by Crippen LogP contribution is -1.95. The summed E-state index contributed by atoms with van der Waals surface area (Å²) in [7, 11) is 0. The van der Waals surface area contributed by atoms with Crippen LogP contribution in [0.25, 0.3) is 0 Å². The molecule has 0 aliphatic heterocycles. The lowest BCUT2D eigenvalue weighted by molar-refractivity contribution is 0.267. The number of aryl methyl sites for hydroxylation is 1. The Morgan fingerprint density at radius 2 is 2.00 bits per heavy atom. The van der Waals surface area contributed by atoms with Crippen LogP contribution in [-0.2, 0) is 6.42 Å². The van der Waals surface area contributed by atoms with Crippen LogP contribution in [-0.4, -0.2) is 10.3 Å². The molecule has 0 spiro atoms. The highest BCUT2D eigenvalue weighted by Gasteiger charge is 1.95. The Bertz CT molecular complexity index is 285. The molecule has 1 rings (SSSR count). The highest BCUT2D eigenvalue weighted by Crippen LogP contribution is 2.16. The molecule has 3 nitrogen and oxygen atoms in total. The number of phenols is 1. The smallest absolute Gasteiger partial charge is 0.273 e. The highest BCUT2D eigenvalue weighted by atomic mass is 32.1. The second-order valence-corrected chi connectivity index (χ2v) is 3.16. The molecule has 1 aromatic rings. The number of amides is 1. The summed E-state index contributed by atoms with van der Waals surface area (Å²) < 4.78 is 0. The van der Waals surface area contributed by atoms with E-state index >= 15 is 0 Å². The minimum atomic E-state index is -0.639. The Morgan fingerprint density at radius 3 is 2.43 bits per heavy atom. The van der Waals surface area contributed by atoms with Crippen molar-refractivity contribution in [3.05, 3.63) is 29.8 Å². The largest absolute Gasteiger partial charge is 0.508 e. The molecule has 0 heterocycles. The second kappa shape index (κ2) is 7.26. The topological polar surface area (TPSA) is 63.3 Å². The predicted octanol–water partition coefficient (Wildman–Crippen LogP) is 2.34. The molecule has 0 atom stereocenters. The summed E-state index contributed by atoms with van der Waals surface area (Å²) in [6, 6.07) is 7.48. The average molecular weight is 213 g/mol. The number of nitrogens with two attached hydrogens (primary N) is 1. The maximum atomic E-state index is 9.24. The van der Waals surface area contributed by atoms with E-state index in [1.54, 1.807) is 6.07 Å². The molecular formula is C10H15NO2S. The molecule has 3 N–H and O–H groups in total. The van der Waals surface area contributed by atoms with Gasteiger partial charge >= 0.3 is 0 Å². The van der Waals surface area contributed by atoms with Crippen LogP contribution in [0.1, 0.15) is 18.9 Å². The van der Waals surface area contributed by atoms with Crippen LogP contribution < -0.4 is 5.73 Å². The van der Waals surface area contributed by atoms with E-state index in [0.717, 1.165) is 18.4 Å². The van der Waals surface area contributed by atoms with Gasteiger partial charge in [-0.3, -0.25) is 4.79 Å². The van der Waals surface area contributed by atoms with Crippen molar-refractivity contribution in [3.8, 4) is 5.75 Å². The van der Waals surface area contributed by atoms with Crippen LogP contribution in [0, 0.1) is 0 Å². The maximum Gasteiger partial charge on any atom is 0.273 e. The van der Waals surface area contributed by atoms with Gasteiger partial charge < -0.3 is 10.8 Å². The maximum absolute atomic E-state index is 9.24. The third-order valence-electron chi connectivity index (χ3n) is 1.51. The van der Waals surface area contributed by atoms with Crippen molar-refractivity contribution in [2.45, 2.75) is 19.8 Å². The predicted molar refractivity (Wildman–Crippen MR) is 60.7 cm³/mol. The molecule has 14 heavy (non-hydrogen) atoms. The van der Waals surface area contributed by atoms with E-state index in [-0.39, 0.29) is 0 Å². The van der Waals surface area contributed by atoms with Gasteiger partial charge in [0, 0.05) is 0 Å². The van der Waals surface area contributed by atoms with Crippen molar-refractivity contribution >= 4 is 17.9 Å². The normalized spacial score (nSPS) is 8.71. The van der Waals surface area contributed by atoms with Gasteiger partial charge in [-0.25, -0.2) is 0 Å². The molecule has 0 unspecified atom stereocenters. The van der Waals surface area contributed by atoms with Crippen LogP contribution in [0.3, 0.4) is 0 Å². The molecule has 0 fully saturated rings. The Labute approximate surface area is 89.3 Å². The van der Waals surface area contributed by atoms with E-state index in [9.17, 15) is 5.11 Å². The molecule has 0 aromatic heterocycles. The molecule has 0 radical (unpaired) electrons. The molecule has 1 amide bonds. The van der Waals surface area contributed by atoms with Crippen molar-refractivity contribution < 1.29 is 9.90 Å². The monoisotopic (exact) mass is 213 g/mol. The fourth-order valence-electron chi connectivity index (χ4n) is 0.992. The van der Waals surface area contributed by atoms with Crippen molar-refractivity contribution in [1.82, 2.24) is 0 Å². The van der Waals surface area contributed by atoms with Crippen LogP contribution in [0.4, 0.5) is 4.79 Å². The first-order valence-electron chi connectivity index (χ1n) is 4.33. The lowest BCUT2D eigenvalue weighted by atomic mass is 10.1. The molecular weight excluding hydrogens is 198 g/mol. The molecule has 0 saturated heterocycles. The van der Waals surface area contributed by atoms with Gasteiger partial charge in [-0.05, 0) is 18.1 Å². The number of para-hydroxylation sites is 1. The number of hydrogen-bond acceptors (Lipinski definition) is 2. The van der Waals surface area contributed by atoms with E-state index in [2.05, 4.69) is 25.3 Å². The third-order valence-corrected chi connectivity index (χ3v) is 1.51. The number of aromatic hydroxyl groups is 1. The van der Waals surface area contributed by atoms with Crippen LogP contribution in [0.2, 0.25) is 0 Å². The van der Waals surface area contributed by atoms with Gasteiger partial charge in [0.1, 0.15) is 5.75 Å². The zero-order valence-electron chi connectivity index (χ0n) is 8.10. The summed E-state index contributed by atoms with van der Waals surface area (Å²) in [4.78, 5) is 9.09. The highest BCUT2D eigenvalue weighted by molar-refractivity contribution is 7.96. The summed E-state index contributed by atoms with van der Waals surface area (Å²) in [6.45, 7) is 2.10. The first-order chi connectivity index (χ1) is 6.57. The van der Waals surface area contributed by atoms with Gasteiger partial charge in [0.2, 0.25) is 0 Å². The van der Waals surface area contributed by atoms with E-state index in [4.69, 9.17) is 4.79 Å². The number of phenolic OH excluding ortho intramolecular Hbond substituents is 1. The Hall–Kier alpha value is -1.16. The summed E-state index contributed by atoms with van der Waals surface area (Å²) in [5.41, 5.74) is 5.38. The zero-order chi connectivity index (χ0) is 11.0. The van der Waals surface area contributed by atoms with Crippen LogP contribution in [0.15, 0.2) is 24.3 Å². The van der Waals surface area contributed by atoms with Gasteiger partial charge in [-0.2, -0.15) is 0 Å². The number of rotatable bonds is 2. The van der Waals surface area contributed by atoms with Crippen LogP contribution in [0.5, 0.6) is 5.75 Å². The molecule has 0 aliphatic carbocycles. The van der Waals surface area contributed by atoms with Crippen LogP contribution >= 0.6 is 12.6 Å². The minimum absolute atomic E-state index is 0.421. The number of carbonyl (C=O) groups is 1. The molecule has 78 valence electrons. The van der Waals surface area contributed by atoms with Crippen molar-refractivity contribution in [3.63, 3.8) is 0 Å². The fraction of sp³-hybridized carbons (Fsp3) is 0.300. The van der Waals surface area contributed by atoms with Gasteiger partial charge in [0.15, 0.2) is 0 Å². The number of carbonyl (C=O) groups excluding carboxylic acids is 1. The molecule has 4 heteroatoms. The standard InChI is InChI=1S/C9H12O.CH3NOS/c1-2-5-8-6-3-4-7-9(8)10;2-1(3)4/h3-4,6-7,10H,2,5H2,1H3;(H3,2,3,4). The third kappa shape index (κ3) is 6.37. The fourth-order valence-corrected chi connectivity index (χ4v) is 0.992. The Kier molecular flexibility index (Phi) is 6.66. The average Bonchev–Trinajstić information content (AvgIpc) is 2.08. The van der Waals surface area contributed by atoms with Gasteiger partial charge in [-0.1, -0.05) is 44.2 Å². The van der Waals surface area contributed by atoms with Crippen molar-refractivity contribution in [1.29, 1.82) is 0 Å². The molecule has 0 aliphatic rings. The minimum Gasteiger partial charge on any atom is -0.508 e. The van der Waals surface area contributed by atoms with Gasteiger partial charge in [-0.15, -0.1) is 0 Å². The SMILES string of the molecule is CCCc1ccccc1O.NC(=O)S. The van der Waals surface area contributed by atoms with Crippen molar-refractivity contribution in [2.24, 2.45) is 5.73 Å². The number of hydrogen-bond donors (Lipinski definition) is 3. The Balaban J connectivity index is 0.000000364. The first kappa shape index (κ1) is 12.8. The van der Waals surface area contributed by atoms with E-state index < -0.39 is 5.24 Å². The summed E-state index contributed by atoms with van der Waals surface area (Å²) >= 11 is 3.10. The van der Waals surface area contributed by atoms with E-state index in [1.807, 2.05) is 18.2 Å². The Morgan fingerprint density at radius 1 is 1.50 bits per heavy atom. The van der Waals surface area contributed by atoms with Gasteiger partial charge in [0.25, 0.3) is 5.24 Å². The molecule has 1 aromatic carbocycles. The summed E-state index contributed by atoms with van der Waals surface area (Å²) in [6.07, 6.45) is 2.05. The number of benzene rings is 1. The van der Waals surface area contributed by atoms with Gasteiger partial charge in [0.05, 0.1) is 0 Å². The summed E-state index contributed by atoms with van der Waals surface area (Å²) in [5.74, 6) is 0.421. The number of primary amides is 1. The zero-order valence-corrected chi connectivity index (χ0v) is 9.00. The number of thiol groups is 1. The summed E-state index contributed by atoms with van der Waals surface area (Å²) in [5, 5.41) is 8.60.